The van der Waals surface area contributed by atoms with Crippen LogP contribution in [-0.4, -0.2) is 33.7 Å². The molecule has 0 amide bonds. The molecule has 0 fully saturated rings. The molecule has 0 aliphatic heterocycles. The third kappa shape index (κ3) is 4.44. The molecular weight excluding hydrogens is 411 g/mol. The van der Waals surface area contributed by atoms with Crippen molar-refractivity contribution in [1.29, 1.82) is 0 Å². The van der Waals surface area contributed by atoms with E-state index in [9.17, 15) is 8.42 Å². The van der Waals surface area contributed by atoms with Crippen LogP contribution in [0.25, 0.3) is 11.5 Å². The third-order valence-electron chi connectivity index (χ3n) is 3.66. The number of nitrogens with zero attached hydrogens (tertiary/aromatic N) is 1. The van der Waals surface area contributed by atoms with Crippen molar-refractivity contribution in [3.63, 3.8) is 0 Å². The molecule has 3 rings (SSSR count). The number of anilines is 1. The second-order valence-electron chi connectivity index (χ2n) is 5.54. The van der Waals surface area contributed by atoms with Crippen LogP contribution in [-0.2, 0) is 14.6 Å². The topological polar surface area (TPSA) is 81.4 Å². The Morgan fingerprint density at radius 2 is 1.63 bits per heavy atom. The van der Waals surface area contributed by atoms with E-state index in [0.717, 1.165) is 0 Å². The second-order valence-corrected chi connectivity index (χ2v) is 8.27. The predicted molar refractivity (Wildman–Crippen MR) is 104 cm³/mol. The average molecular weight is 427 g/mol. The van der Waals surface area contributed by atoms with E-state index in [0.29, 0.717) is 28.8 Å². The van der Waals surface area contributed by atoms with Gasteiger partial charge in [0.15, 0.2) is 0 Å². The van der Waals surface area contributed by atoms with Gasteiger partial charge in [0.05, 0.1) is 11.5 Å². The highest BCUT2D eigenvalue weighted by atomic mass is 35.5. The van der Waals surface area contributed by atoms with Crippen molar-refractivity contribution in [2.45, 2.75) is 9.92 Å². The number of hydrogen-bond acceptors (Lipinski definition) is 6. The Bertz CT molecular complexity index is 1020. The van der Waals surface area contributed by atoms with Crippen LogP contribution in [0.5, 0.6) is 0 Å². The van der Waals surface area contributed by atoms with Gasteiger partial charge < -0.3 is 14.5 Å². The van der Waals surface area contributed by atoms with E-state index in [2.05, 4.69) is 10.3 Å². The SMILES string of the molecule is COCCNc1oc(-c2ccc(Cl)cc2)nc1S(=O)(=O)c1ccc(Cl)cc1. The number of oxazole rings is 1. The molecule has 0 atom stereocenters. The minimum absolute atomic E-state index is 0.0481. The summed E-state index contributed by atoms with van der Waals surface area (Å²) in [6, 6.07) is 12.6. The Kier molecular flexibility index (Phi) is 6.06. The van der Waals surface area contributed by atoms with Crippen molar-refractivity contribution in [2.24, 2.45) is 0 Å². The Balaban J connectivity index is 2.06. The minimum atomic E-state index is -3.91. The molecule has 0 radical (unpaired) electrons. The summed E-state index contributed by atoms with van der Waals surface area (Å²) < 4.78 is 36.8. The quantitative estimate of drug-likeness (QED) is 0.558. The molecule has 9 heteroatoms. The van der Waals surface area contributed by atoms with Crippen molar-refractivity contribution in [3.05, 3.63) is 58.6 Å². The summed E-state index contributed by atoms with van der Waals surface area (Å²) >= 11 is 11.8. The zero-order valence-electron chi connectivity index (χ0n) is 14.3. The Labute approximate surface area is 167 Å². The summed E-state index contributed by atoms with van der Waals surface area (Å²) in [4.78, 5) is 4.29. The monoisotopic (exact) mass is 426 g/mol. The van der Waals surface area contributed by atoms with Crippen molar-refractivity contribution in [1.82, 2.24) is 4.98 Å². The molecule has 2 aromatic carbocycles. The summed E-state index contributed by atoms with van der Waals surface area (Å²) in [5.74, 6) is 0.214. The van der Waals surface area contributed by atoms with Crippen molar-refractivity contribution >= 4 is 38.9 Å². The van der Waals surface area contributed by atoms with Crippen molar-refractivity contribution in [3.8, 4) is 11.5 Å². The van der Waals surface area contributed by atoms with E-state index in [1.165, 1.54) is 24.3 Å². The molecule has 3 aromatic rings. The molecule has 0 aliphatic carbocycles. The molecule has 0 saturated carbocycles. The molecule has 0 bridgehead atoms. The van der Waals surface area contributed by atoms with Gasteiger partial charge in [0.2, 0.25) is 26.6 Å². The first-order valence-corrected chi connectivity index (χ1v) is 10.2. The molecule has 1 N–H and O–H groups in total. The van der Waals surface area contributed by atoms with E-state index >= 15 is 0 Å². The van der Waals surface area contributed by atoms with Gasteiger partial charge in [0.1, 0.15) is 0 Å². The maximum Gasteiger partial charge on any atom is 0.233 e. The fraction of sp³-hybridized carbons (Fsp3) is 0.167. The number of rotatable bonds is 7. The number of halogens is 2. The Hall–Kier alpha value is -2.06. The highest BCUT2D eigenvalue weighted by Gasteiger charge is 2.28. The number of hydrogen-bond donors (Lipinski definition) is 1. The number of benzene rings is 2. The Morgan fingerprint density at radius 1 is 1.04 bits per heavy atom. The lowest BCUT2D eigenvalue weighted by atomic mass is 10.2. The lowest BCUT2D eigenvalue weighted by Gasteiger charge is -2.05. The van der Waals surface area contributed by atoms with Gasteiger partial charge in [-0.25, -0.2) is 8.42 Å². The first-order chi connectivity index (χ1) is 12.9. The van der Waals surface area contributed by atoms with Gasteiger partial charge >= 0.3 is 0 Å². The lowest BCUT2D eigenvalue weighted by Crippen LogP contribution is -2.11. The molecule has 1 heterocycles. The fourth-order valence-electron chi connectivity index (χ4n) is 2.31. The molecule has 0 spiro atoms. The van der Waals surface area contributed by atoms with Crippen molar-refractivity contribution in [2.75, 3.05) is 25.6 Å². The minimum Gasteiger partial charge on any atom is -0.419 e. The van der Waals surface area contributed by atoms with Gasteiger partial charge in [0, 0.05) is 29.3 Å². The van der Waals surface area contributed by atoms with Crippen LogP contribution < -0.4 is 5.32 Å². The van der Waals surface area contributed by atoms with Crippen LogP contribution in [0.1, 0.15) is 0 Å². The summed E-state index contributed by atoms with van der Waals surface area (Å²) in [5.41, 5.74) is 0.603. The van der Waals surface area contributed by atoms with Gasteiger partial charge in [-0.05, 0) is 48.5 Å². The zero-order valence-corrected chi connectivity index (χ0v) is 16.6. The van der Waals surface area contributed by atoms with Gasteiger partial charge in [-0.15, -0.1) is 0 Å². The zero-order chi connectivity index (χ0) is 19.4. The number of aromatic nitrogens is 1. The van der Waals surface area contributed by atoms with Crippen LogP contribution in [0.3, 0.4) is 0 Å². The molecule has 142 valence electrons. The average Bonchev–Trinajstić information content (AvgIpc) is 3.08. The molecule has 0 aliphatic rings. The van der Waals surface area contributed by atoms with Gasteiger partial charge in [-0.2, -0.15) is 4.98 Å². The van der Waals surface area contributed by atoms with Crippen molar-refractivity contribution < 1.29 is 17.6 Å². The molecule has 27 heavy (non-hydrogen) atoms. The van der Waals surface area contributed by atoms with E-state index < -0.39 is 9.84 Å². The predicted octanol–water partition coefficient (Wildman–Crippen LogP) is 4.54. The van der Waals surface area contributed by atoms with E-state index in [1.54, 1.807) is 31.4 Å². The smallest absolute Gasteiger partial charge is 0.233 e. The maximum absolute atomic E-state index is 13.0. The second kappa shape index (κ2) is 8.31. The molecule has 0 unspecified atom stereocenters. The van der Waals surface area contributed by atoms with Crippen LogP contribution >= 0.6 is 23.2 Å². The highest BCUT2D eigenvalue weighted by Crippen LogP contribution is 2.33. The first-order valence-electron chi connectivity index (χ1n) is 7.92. The van der Waals surface area contributed by atoms with Gasteiger partial charge in [-0.3, -0.25) is 0 Å². The maximum atomic E-state index is 13.0. The van der Waals surface area contributed by atoms with Crippen LogP contribution in [0.4, 0.5) is 5.88 Å². The van der Waals surface area contributed by atoms with Crippen LogP contribution in [0.15, 0.2) is 62.9 Å². The normalized spacial score (nSPS) is 11.5. The first kappa shape index (κ1) is 19.7. The summed E-state index contributed by atoms with van der Waals surface area (Å²) in [5, 5.41) is 3.71. The van der Waals surface area contributed by atoms with Gasteiger partial charge in [-0.1, -0.05) is 23.2 Å². The van der Waals surface area contributed by atoms with Gasteiger partial charge in [0.25, 0.3) is 0 Å². The van der Waals surface area contributed by atoms with Crippen LogP contribution in [0, 0.1) is 0 Å². The number of nitrogens with one attached hydrogen (secondary N) is 1. The number of methoxy groups -OCH3 is 1. The molecule has 1 aromatic heterocycles. The molecule has 6 nitrogen and oxygen atoms in total. The largest absolute Gasteiger partial charge is 0.419 e. The summed E-state index contributed by atoms with van der Waals surface area (Å²) in [6.07, 6.45) is 0. The number of sulfone groups is 1. The molecular formula is C18H16Cl2N2O4S. The summed E-state index contributed by atoms with van der Waals surface area (Å²) in [7, 11) is -2.36. The number of ether oxygens (including phenoxy) is 1. The van der Waals surface area contributed by atoms with E-state index in [-0.39, 0.29) is 21.7 Å². The standard InChI is InChI=1S/C18H16Cl2N2O4S/c1-25-11-10-21-17-18(27(23,24)15-8-6-14(20)7-9-15)22-16(26-17)12-2-4-13(19)5-3-12/h2-9,21H,10-11H2,1H3. The van der Waals surface area contributed by atoms with E-state index in [4.69, 9.17) is 32.4 Å². The lowest BCUT2D eigenvalue weighted by molar-refractivity contribution is 0.210. The van der Waals surface area contributed by atoms with Crippen LogP contribution in [0.2, 0.25) is 10.0 Å². The Morgan fingerprint density at radius 3 is 2.22 bits per heavy atom. The third-order valence-corrected chi connectivity index (χ3v) is 5.84. The molecule has 0 saturated heterocycles. The summed E-state index contributed by atoms with van der Waals surface area (Å²) in [6.45, 7) is 0.728. The highest BCUT2D eigenvalue weighted by molar-refractivity contribution is 7.91. The fourth-order valence-corrected chi connectivity index (χ4v) is 3.84. The van der Waals surface area contributed by atoms with E-state index in [1.807, 2.05) is 0 Å².